The van der Waals surface area contributed by atoms with E-state index in [1.54, 1.807) is 0 Å². The van der Waals surface area contributed by atoms with Gasteiger partial charge in [0.1, 0.15) is 0 Å². The van der Waals surface area contributed by atoms with Crippen molar-refractivity contribution < 1.29 is 19.2 Å². The maximum absolute atomic E-state index is 12.4. The lowest BCUT2D eigenvalue weighted by Gasteiger charge is -2.34. The number of carbonyl (C=O) groups is 1. The molecule has 1 unspecified atom stereocenters. The van der Waals surface area contributed by atoms with E-state index in [2.05, 4.69) is 0 Å². The number of aliphatic hydroxyl groups is 1. The molecule has 1 aromatic rings. The van der Waals surface area contributed by atoms with Gasteiger partial charge in [0, 0.05) is 4.90 Å². The zero-order chi connectivity index (χ0) is 15.6. The minimum Gasteiger partial charge on any atom is -0.481 e. The van der Waals surface area contributed by atoms with Gasteiger partial charge in [-0.25, -0.2) is 0 Å². The average Bonchev–Trinajstić information content (AvgIpc) is 2.41. The SMILES string of the molecule is Cc1ccc(S(=O)CC2(O)CCC(C(=O)O)CC2)cc1C. The molecule has 1 saturated carbocycles. The molecule has 0 radical (unpaired) electrons. The van der Waals surface area contributed by atoms with E-state index in [0.29, 0.717) is 25.7 Å². The number of aryl methyl sites for hydroxylation is 2. The van der Waals surface area contributed by atoms with Crippen molar-refractivity contribution in [1.29, 1.82) is 0 Å². The molecular weight excluding hydrogens is 288 g/mol. The van der Waals surface area contributed by atoms with E-state index in [4.69, 9.17) is 5.11 Å². The van der Waals surface area contributed by atoms with Gasteiger partial charge in [-0.15, -0.1) is 0 Å². The summed E-state index contributed by atoms with van der Waals surface area (Å²) in [6, 6.07) is 5.68. The van der Waals surface area contributed by atoms with Crippen molar-refractivity contribution in [2.45, 2.75) is 50.0 Å². The fourth-order valence-electron chi connectivity index (χ4n) is 2.73. The van der Waals surface area contributed by atoms with Crippen LogP contribution < -0.4 is 0 Å². The largest absolute Gasteiger partial charge is 0.481 e. The first-order valence-electron chi connectivity index (χ1n) is 7.21. The topological polar surface area (TPSA) is 74.6 Å². The molecule has 116 valence electrons. The van der Waals surface area contributed by atoms with Crippen molar-refractivity contribution in [3.05, 3.63) is 29.3 Å². The smallest absolute Gasteiger partial charge is 0.306 e. The van der Waals surface area contributed by atoms with E-state index in [1.807, 2.05) is 32.0 Å². The Morgan fingerprint density at radius 1 is 1.29 bits per heavy atom. The molecule has 4 nitrogen and oxygen atoms in total. The predicted octanol–water partition coefficient (Wildman–Crippen LogP) is 2.42. The molecule has 1 aliphatic carbocycles. The number of carboxylic acid groups (broad SMARTS) is 1. The lowest BCUT2D eigenvalue weighted by atomic mass is 9.80. The highest BCUT2D eigenvalue weighted by atomic mass is 32.2. The van der Waals surface area contributed by atoms with Crippen molar-refractivity contribution in [1.82, 2.24) is 0 Å². The van der Waals surface area contributed by atoms with Crippen molar-refractivity contribution in [3.63, 3.8) is 0 Å². The molecule has 2 rings (SSSR count). The molecule has 0 saturated heterocycles. The van der Waals surface area contributed by atoms with Crippen LogP contribution in [0.15, 0.2) is 23.1 Å². The number of rotatable bonds is 4. The van der Waals surface area contributed by atoms with Gasteiger partial charge in [0.25, 0.3) is 0 Å². The molecule has 0 amide bonds. The first-order chi connectivity index (χ1) is 9.81. The fraction of sp³-hybridized carbons (Fsp3) is 0.562. The highest BCUT2D eigenvalue weighted by Crippen LogP contribution is 2.33. The van der Waals surface area contributed by atoms with Gasteiger partial charge in [-0.2, -0.15) is 0 Å². The summed E-state index contributed by atoms with van der Waals surface area (Å²) in [6.45, 7) is 3.98. The molecular formula is C16H22O4S. The van der Waals surface area contributed by atoms with E-state index < -0.39 is 22.4 Å². The van der Waals surface area contributed by atoms with Crippen molar-refractivity contribution in [2.75, 3.05) is 5.75 Å². The van der Waals surface area contributed by atoms with E-state index >= 15 is 0 Å². The summed E-state index contributed by atoms with van der Waals surface area (Å²) in [5, 5.41) is 19.5. The fourth-order valence-corrected chi connectivity index (χ4v) is 4.20. The number of aliphatic carboxylic acids is 1. The van der Waals surface area contributed by atoms with Crippen LogP contribution in [-0.4, -0.2) is 31.7 Å². The third-order valence-electron chi connectivity index (χ3n) is 4.41. The van der Waals surface area contributed by atoms with Gasteiger partial charge in [0.2, 0.25) is 0 Å². The Balaban J connectivity index is 2.02. The second-order valence-electron chi connectivity index (χ2n) is 6.07. The van der Waals surface area contributed by atoms with Gasteiger partial charge >= 0.3 is 5.97 Å². The Bertz CT molecular complexity index is 559. The monoisotopic (exact) mass is 310 g/mol. The summed E-state index contributed by atoms with van der Waals surface area (Å²) in [5.41, 5.74) is 1.23. The Labute approximate surface area is 127 Å². The van der Waals surface area contributed by atoms with Gasteiger partial charge in [-0.3, -0.25) is 9.00 Å². The molecule has 0 aliphatic heterocycles. The summed E-state index contributed by atoms with van der Waals surface area (Å²) in [7, 11) is -1.26. The highest BCUT2D eigenvalue weighted by molar-refractivity contribution is 7.85. The highest BCUT2D eigenvalue weighted by Gasteiger charge is 2.37. The van der Waals surface area contributed by atoms with Gasteiger partial charge in [0.15, 0.2) is 0 Å². The van der Waals surface area contributed by atoms with Crippen molar-refractivity contribution >= 4 is 16.8 Å². The molecule has 0 heterocycles. The van der Waals surface area contributed by atoms with Gasteiger partial charge in [-0.05, 0) is 62.8 Å². The summed E-state index contributed by atoms with van der Waals surface area (Å²) in [5.74, 6) is -0.991. The van der Waals surface area contributed by atoms with Crippen LogP contribution in [0.3, 0.4) is 0 Å². The molecule has 1 fully saturated rings. The lowest BCUT2D eigenvalue weighted by molar-refractivity contribution is -0.144. The zero-order valence-corrected chi connectivity index (χ0v) is 13.3. The molecule has 5 heteroatoms. The summed E-state index contributed by atoms with van der Waals surface area (Å²) < 4.78 is 12.4. The third kappa shape index (κ3) is 3.92. The van der Waals surface area contributed by atoms with Crippen LogP contribution >= 0.6 is 0 Å². The van der Waals surface area contributed by atoms with Crippen LogP contribution in [0.4, 0.5) is 0 Å². The molecule has 0 aromatic heterocycles. The molecule has 1 aromatic carbocycles. The predicted molar refractivity (Wildman–Crippen MR) is 81.7 cm³/mol. The van der Waals surface area contributed by atoms with Crippen molar-refractivity contribution in [2.24, 2.45) is 5.92 Å². The normalized spacial score (nSPS) is 27.3. The van der Waals surface area contributed by atoms with Crippen molar-refractivity contribution in [3.8, 4) is 0 Å². The molecule has 1 aliphatic rings. The quantitative estimate of drug-likeness (QED) is 0.895. The summed E-state index contributed by atoms with van der Waals surface area (Å²) in [4.78, 5) is 11.7. The van der Waals surface area contributed by atoms with Gasteiger partial charge in [-0.1, -0.05) is 6.07 Å². The lowest BCUT2D eigenvalue weighted by Crippen LogP contribution is -2.40. The standard InChI is InChI=1S/C16H22O4S/c1-11-3-4-14(9-12(11)2)21(20)10-16(19)7-5-13(6-8-16)15(17)18/h3-4,9,13,19H,5-8,10H2,1-2H3,(H,17,18). The molecule has 2 N–H and O–H groups in total. The Morgan fingerprint density at radius 3 is 2.43 bits per heavy atom. The van der Waals surface area contributed by atoms with Crippen LogP contribution in [0, 0.1) is 19.8 Å². The molecule has 0 bridgehead atoms. The van der Waals surface area contributed by atoms with Crippen LogP contribution in [-0.2, 0) is 15.6 Å². The van der Waals surface area contributed by atoms with E-state index in [0.717, 1.165) is 16.0 Å². The minimum absolute atomic E-state index is 0.182. The number of hydrogen-bond acceptors (Lipinski definition) is 3. The Hall–Kier alpha value is -1.20. The average molecular weight is 310 g/mol. The number of carboxylic acids is 1. The van der Waals surface area contributed by atoms with Crippen LogP contribution in [0.2, 0.25) is 0 Å². The first kappa shape index (κ1) is 16.2. The van der Waals surface area contributed by atoms with E-state index in [9.17, 15) is 14.1 Å². The maximum Gasteiger partial charge on any atom is 0.306 e. The maximum atomic E-state index is 12.4. The van der Waals surface area contributed by atoms with Gasteiger partial charge in [0.05, 0.1) is 28.1 Å². The zero-order valence-electron chi connectivity index (χ0n) is 12.5. The number of benzene rings is 1. The van der Waals surface area contributed by atoms with Crippen LogP contribution in [0.1, 0.15) is 36.8 Å². The molecule has 21 heavy (non-hydrogen) atoms. The number of hydrogen-bond donors (Lipinski definition) is 2. The van der Waals surface area contributed by atoms with E-state index in [-0.39, 0.29) is 11.7 Å². The first-order valence-corrected chi connectivity index (χ1v) is 8.53. The summed E-state index contributed by atoms with van der Waals surface area (Å²) in [6.07, 6.45) is 1.72. The molecule has 1 atom stereocenters. The minimum atomic E-state index is -1.26. The van der Waals surface area contributed by atoms with Gasteiger partial charge < -0.3 is 10.2 Å². The second-order valence-corrected chi connectivity index (χ2v) is 7.52. The molecule has 0 spiro atoms. The third-order valence-corrected chi connectivity index (χ3v) is 5.99. The Kier molecular flexibility index (Phi) is 4.84. The van der Waals surface area contributed by atoms with Crippen LogP contribution in [0.5, 0.6) is 0 Å². The second kappa shape index (κ2) is 6.28. The summed E-state index contributed by atoms with van der Waals surface area (Å²) >= 11 is 0. The van der Waals surface area contributed by atoms with Crippen LogP contribution in [0.25, 0.3) is 0 Å². The Morgan fingerprint density at radius 2 is 1.90 bits per heavy atom. The van der Waals surface area contributed by atoms with E-state index in [1.165, 1.54) is 0 Å².